The van der Waals surface area contributed by atoms with Gasteiger partial charge in [-0.1, -0.05) is 23.2 Å². The summed E-state index contributed by atoms with van der Waals surface area (Å²) in [6.45, 7) is 3.15. The average molecular weight is 566 g/mol. The largest absolute Gasteiger partial charge is 0.433 e. The highest BCUT2D eigenvalue weighted by Gasteiger charge is 2.16. The second-order valence-corrected chi connectivity index (χ2v) is 7.45. The van der Waals surface area contributed by atoms with E-state index in [1.165, 1.54) is 6.07 Å². The Morgan fingerprint density at radius 2 is 1.97 bits per heavy atom. The number of nitrogens with one attached hydrogen (secondary N) is 2. The van der Waals surface area contributed by atoms with Crippen molar-refractivity contribution in [2.75, 3.05) is 53.4 Å². The van der Waals surface area contributed by atoms with Crippen LogP contribution in [0.1, 0.15) is 12.0 Å². The first-order valence-corrected chi connectivity index (χ1v) is 9.92. The lowest BCUT2D eigenvalue weighted by Gasteiger charge is -2.21. The van der Waals surface area contributed by atoms with Gasteiger partial charge >= 0.3 is 6.61 Å². The number of rotatable bonds is 7. The third-order valence-electron chi connectivity index (χ3n) is 4.49. The molecule has 1 aromatic rings. The number of ether oxygens (including phenoxy) is 1. The first-order valence-electron chi connectivity index (χ1n) is 9.17. The Hall–Kier alpha value is -0.620. The van der Waals surface area contributed by atoms with Crippen molar-refractivity contribution in [1.82, 2.24) is 20.4 Å². The van der Waals surface area contributed by atoms with Crippen molar-refractivity contribution >= 4 is 53.1 Å². The van der Waals surface area contributed by atoms with E-state index in [0.717, 1.165) is 45.7 Å². The molecule has 2 rings (SSSR count). The molecule has 11 heteroatoms. The number of nitrogens with zero attached hydrogens (tertiary/aromatic N) is 3. The van der Waals surface area contributed by atoms with Crippen LogP contribution in [0.4, 0.5) is 8.78 Å². The van der Waals surface area contributed by atoms with Gasteiger partial charge in [-0.3, -0.25) is 4.99 Å². The molecule has 0 radical (unpaired) electrons. The molecule has 0 aromatic heterocycles. The fraction of sp³-hybridized carbons (Fsp3) is 0.611. The quantitative estimate of drug-likeness (QED) is 0.301. The minimum Gasteiger partial charge on any atom is -0.433 e. The van der Waals surface area contributed by atoms with Gasteiger partial charge in [0.05, 0.1) is 5.02 Å². The number of aliphatic imine (C=N–C) groups is 1. The SMILES string of the molecule is CN=C(NCCN1CCCN(C)CC1)NCc1cc(Cl)cc(Cl)c1OC(F)F.I. The van der Waals surface area contributed by atoms with Crippen LogP contribution in [0.3, 0.4) is 0 Å². The molecule has 1 fully saturated rings. The summed E-state index contributed by atoms with van der Waals surface area (Å²) < 4.78 is 29.9. The number of halogens is 5. The van der Waals surface area contributed by atoms with Gasteiger partial charge in [0.2, 0.25) is 0 Å². The topological polar surface area (TPSA) is 52.1 Å². The normalized spacial score (nSPS) is 16.3. The van der Waals surface area contributed by atoms with Crippen molar-refractivity contribution in [2.45, 2.75) is 19.6 Å². The van der Waals surface area contributed by atoms with Gasteiger partial charge in [0.25, 0.3) is 0 Å². The van der Waals surface area contributed by atoms with Crippen molar-refractivity contribution in [1.29, 1.82) is 0 Å². The second kappa shape index (κ2) is 13.6. The second-order valence-electron chi connectivity index (χ2n) is 6.61. The maximum atomic E-state index is 12.7. The number of hydrogen-bond acceptors (Lipinski definition) is 4. The summed E-state index contributed by atoms with van der Waals surface area (Å²) in [4.78, 5) is 8.91. The van der Waals surface area contributed by atoms with Gasteiger partial charge in [-0.2, -0.15) is 8.78 Å². The third kappa shape index (κ3) is 9.37. The molecular weight excluding hydrogens is 538 g/mol. The number of benzene rings is 1. The van der Waals surface area contributed by atoms with E-state index < -0.39 is 6.61 Å². The molecule has 1 aromatic carbocycles. The van der Waals surface area contributed by atoms with Gasteiger partial charge < -0.3 is 25.2 Å². The Labute approximate surface area is 198 Å². The summed E-state index contributed by atoms with van der Waals surface area (Å²) in [7, 11) is 3.79. The van der Waals surface area contributed by atoms with Crippen molar-refractivity contribution in [2.24, 2.45) is 4.99 Å². The molecule has 0 bridgehead atoms. The van der Waals surface area contributed by atoms with E-state index in [1.54, 1.807) is 13.1 Å². The van der Waals surface area contributed by atoms with Crippen LogP contribution in [0.5, 0.6) is 5.75 Å². The first kappa shape index (κ1) is 26.4. The summed E-state index contributed by atoms with van der Waals surface area (Å²) in [5, 5.41) is 6.70. The molecule has 29 heavy (non-hydrogen) atoms. The zero-order chi connectivity index (χ0) is 20.5. The molecule has 0 aliphatic carbocycles. The zero-order valence-electron chi connectivity index (χ0n) is 16.6. The predicted octanol–water partition coefficient (Wildman–Crippen LogP) is 3.52. The van der Waals surface area contributed by atoms with Gasteiger partial charge in [-0.25, -0.2) is 0 Å². The molecule has 0 unspecified atom stereocenters. The molecule has 1 aliphatic heterocycles. The Kier molecular flexibility index (Phi) is 12.4. The highest BCUT2D eigenvalue weighted by Crippen LogP contribution is 2.33. The highest BCUT2D eigenvalue weighted by atomic mass is 127. The standard InChI is InChI=1S/C18H27Cl2F2N5O.HI/c1-23-18(24-4-7-27-6-3-5-26(2)8-9-27)25-12-13-10-14(19)11-15(20)16(13)28-17(21)22;/h10-11,17H,3-9,12H2,1-2H3,(H2,23,24,25);1H. The molecule has 0 atom stereocenters. The molecule has 6 nitrogen and oxygen atoms in total. The van der Waals surface area contributed by atoms with Gasteiger partial charge in [-0.15, -0.1) is 24.0 Å². The fourth-order valence-corrected chi connectivity index (χ4v) is 3.60. The van der Waals surface area contributed by atoms with Crippen LogP contribution in [-0.2, 0) is 6.54 Å². The van der Waals surface area contributed by atoms with E-state index >= 15 is 0 Å². The molecule has 0 saturated carbocycles. The van der Waals surface area contributed by atoms with Crippen molar-refractivity contribution in [3.63, 3.8) is 0 Å². The van der Waals surface area contributed by atoms with E-state index in [1.807, 2.05) is 0 Å². The van der Waals surface area contributed by atoms with Crippen LogP contribution in [-0.4, -0.2) is 75.7 Å². The van der Waals surface area contributed by atoms with E-state index in [9.17, 15) is 8.78 Å². The van der Waals surface area contributed by atoms with Crippen LogP contribution >= 0.6 is 47.2 Å². The Balaban J connectivity index is 0.00000420. The Morgan fingerprint density at radius 1 is 1.21 bits per heavy atom. The summed E-state index contributed by atoms with van der Waals surface area (Å²) in [5.41, 5.74) is 0.427. The Bertz CT molecular complexity index is 669. The lowest BCUT2D eigenvalue weighted by molar-refractivity contribution is -0.0504. The predicted molar refractivity (Wildman–Crippen MR) is 125 cm³/mol. The molecule has 166 valence electrons. The monoisotopic (exact) mass is 565 g/mol. The lowest BCUT2D eigenvalue weighted by atomic mass is 10.2. The summed E-state index contributed by atoms with van der Waals surface area (Å²) in [6, 6.07) is 2.91. The third-order valence-corrected chi connectivity index (χ3v) is 4.99. The first-order chi connectivity index (χ1) is 13.4. The van der Waals surface area contributed by atoms with Crippen molar-refractivity contribution < 1.29 is 13.5 Å². The number of guanidine groups is 1. The smallest absolute Gasteiger partial charge is 0.387 e. The number of alkyl halides is 2. The minimum absolute atomic E-state index is 0. The van der Waals surface area contributed by atoms with E-state index in [2.05, 4.69) is 37.2 Å². The van der Waals surface area contributed by atoms with Gasteiger partial charge in [0.15, 0.2) is 5.96 Å². The van der Waals surface area contributed by atoms with E-state index in [0.29, 0.717) is 16.5 Å². The molecule has 1 saturated heterocycles. The lowest BCUT2D eigenvalue weighted by Crippen LogP contribution is -2.42. The number of hydrogen-bond donors (Lipinski definition) is 2. The van der Waals surface area contributed by atoms with E-state index in [-0.39, 0.29) is 41.3 Å². The van der Waals surface area contributed by atoms with E-state index in [4.69, 9.17) is 23.2 Å². The van der Waals surface area contributed by atoms with Crippen LogP contribution in [0, 0.1) is 0 Å². The number of likely N-dealkylation sites (N-methyl/N-ethyl adjacent to an activating group) is 1. The van der Waals surface area contributed by atoms with Crippen molar-refractivity contribution in [3.05, 3.63) is 27.7 Å². The zero-order valence-corrected chi connectivity index (χ0v) is 20.4. The minimum atomic E-state index is -2.97. The summed E-state index contributed by atoms with van der Waals surface area (Å²) >= 11 is 12.0. The molecular formula is C18H28Cl2F2IN5O. The van der Waals surface area contributed by atoms with Gasteiger partial charge in [-0.05, 0) is 38.7 Å². The Morgan fingerprint density at radius 3 is 2.66 bits per heavy atom. The highest BCUT2D eigenvalue weighted by molar-refractivity contribution is 14.0. The summed E-state index contributed by atoms with van der Waals surface area (Å²) in [6.07, 6.45) is 1.16. The fourth-order valence-electron chi connectivity index (χ4n) is 3.02. The molecule has 1 aliphatic rings. The maximum Gasteiger partial charge on any atom is 0.387 e. The van der Waals surface area contributed by atoms with Crippen molar-refractivity contribution in [3.8, 4) is 5.75 Å². The molecule has 0 spiro atoms. The molecule has 0 amide bonds. The van der Waals surface area contributed by atoms with Gasteiger partial charge in [0.1, 0.15) is 5.75 Å². The molecule has 2 N–H and O–H groups in total. The average Bonchev–Trinajstić information content (AvgIpc) is 2.84. The van der Waals surface area contributed by atoms with Crippen LogP contribution in [0.15, 0.2) is 17.1 Å². The van der Waals surface area contributed by atoms with Crippen LogP contribution in [0.2, 0.25) is 10.0 Å². The van der Waals surface area contributed by atoms with Gasteiger partial charge in [0, 0.05) is 50.4 Å². The van der Waals surface area contributed by atoms with Crippen LogP contribution in [0.25, 0.3) is 0 Å². The van der Waals surface area contributed by atoms with Crippen LogP contribution < -0.4 is 15.4 Å². The summed E-state index contributed by atoms with van der Waals surface area (Å²) in [5.74, 6) is 0.476. The molecule has 1 heterocycles. The maximum absolute atomic E-state index is 12.7.